The van der Waals surface area contributed by atoms with E-state index in [9.17, 15) is 4.79 Å². The third-order valence-electron chi connectivity index (χ3n) is 2.87. The van der Waals surface area contributed by atoms with Gasteiger partial charge in [-0.15, -0.1) is 0 Å². The molecule has 1 aromatic carbocycles. The number of isocyanates is 1. The SMILES string of the molecule is CC(C)(CN1Cc2ccccc2C1)N=C=O. The first-order chi connectivity index (χ1) is 7.61. The number of carbonyl (C=O) groups excluding carboxylic acids is 1. The summed E-state index contributed by atoms with van der Waals surface area (Å²) in [6, 6.07) is 8.45. The molecule has 0 atom stereocenters. The van der Waals surface area contributed by atoms with Crippen LogP contribution in [-0.2, 0) is 17.9 Å². The van der Waals surface area contributed by atoms with Crippen molar-refractivity contribution >= 4 is 6.08 Å². The van der Waals surface area contributed by atoms with Crippen LogP contribution in [0.2, 0.25) is 0 Å². The highest BCUT2D eigenvalue weighted by atomic mass is 16.1. The lowest BCUT2D eigenvalue weighted by molar-refractivity contribution is 0.231. The van der Waals surface area contributed by atoms with E-state index < -0.39 is 0 Å². The Morgan fingerprint density at radius 1 is 1.31 bits per heavy atom. The Bertz CT molecular complexity index is 408. The zero-order valence-electron chi connectivity index (χ0n) is 9.73. The number of hydrogen-bond acceptors (Lipinski definition) is 3. The lowest BCUT2D eigenvalue weighted by Crippen LogP contribution is -2.34. The monoisotopic (exact) mass is 216 g/mol. The maximum atomic E-state index is 10.3. The van der Waals surface area contributed by atoms with Gasteiger partial charge in [0.2, 0.25) is 6.08 Å². The molecule has 0 spiro atoms. The minimum absolute atomic E-state index is 0.343. The Balaban J connectivity index is 2.05. The van der Waals surface area contributed by atoms with Crippen molar-refractivity contribution in [3.63, 3.8) is 0 Å². The number of benzene rings is 1. The summed E-state index contributed by atoms with van der Waals surface area (Å²) in [5.74, 6) is 0. The van der Waals surface area contributed by atoms with Gasteiger partial charge in [0.25, 0.3) is 0 Å². The number of fused-ring (bicyclic) bond motifs is 1. The summed E-state index contributed by atoms with van der Waals surface area (Å²) in [6.07, 6.45) is 1.65. The highest BCUT2D eigenvalue weighted by molar-refractivity contribution is 5.35. The molecular formula is C13H16N2O. The molecule has 0 N–H and O–H groups in total. The topological polar surface area (TPSA) is 32.7 Å². The maximum Gasteiger partial charge on any atom is 0.235 e. The Kier molecular flexibility index (Phi) is 2.90. The molecule has 0 amide bonds. The Hall–Kier alpha value is -1.44. The van der Waals surface area contributed by atoms with E-state index in [-0.39, 0.29) is 5.54 Å². The Morgan fingerprint density at radius 3 is 2.38 bits per heavy atom. The second-order valence-electron chi connectivity index (χ2n) is 4.93. The third kappa shape index (κ3) is 2.38. The highest BCUT2D eigenvalue weighted by Gasteiger charge is 2.25. The molecule has 0 saturated carbocycles. The van der Waals surface area contributed by atoms with Gasteiger partial charge in [0.15, 0.2) is 0 Å². The van der Waals surface area contributed by atoms with Crippen molar-refractivity contribution in [1.29, 1.82) is 0 Å². The smallest absolute Gasteiger partial charge is 0.235 e. The summed E-state index contributed by atoms with van der Waals surface area (Å²) in [7, 11) is 0. The van der Waals surface area contributed by atoms with Gasteiger partial charge >= 0.3 is 0 Å². The van der Waals surface area contributed by atoms with Crippen LogP contribution in [0, 0.1) is 0 Å². The minimum atomic E-state index is -0.343. The first-order valence-electron chi connectivity index (χ1n) is 5.49. The van der Waals surface area contributed by atoms with E-state index in [1.54, 1.807) is 6.08 Å². The molecule has 0 unspecified atom stereocenters. The lowest BCUT2D eigenvalue weighted by atomic mass is 10.1. The van der Waals surface area contributed by atoms with Gasteiger partial charge in [0.1, 0.15) is 0 Å². The molecule has 0 aromatic heterocycles. The van der Waals surface area contributed by atoms with Crippen LogP contribution in [0.4, 0.5) is 0 Å². The zero-order chi connectivity index (χ0) is 11.6. The Morgan fingerprint density at radius 2 is 1.88 bits per heavy atom. The molecule has 1 aromatic rings. The van der Waals surface area contributed by atoms with Gasteiger partial charge in [-0.3, -0.25) is 4.90 Å². The van der Waals surface area contributed by atoms with E-state index >= 15 is 0 Å². The molecule has 84 valence electrons. The molecule has 0 aliphatic carbocycles. The van der Waals surface area contributed by atoms with Crippen LogP contribution in [0.5, 0.6) is 0 Å². The van der Waals surface area contributed by atoms with Gasteiger partial charge < -0.3 is 0 Å². The van der Waals surface area contributed by atoms with Crippen LogP contribution in [0.1, 0.15) is 25.0 Å². The molecule has 1 aliphatic heterocycles. The van der Waals surface area contributed by atoms with E-state index in [1.807, 2.05) is 13.8 Å². The van der Waals surface area contributed by atoms with E-state index in [4.69, 9.17) is 0 Å². The molecule has 2 rings (SSSR count). The average molecular weight is 216 g/mol. The van der Waals surface area contributed by atoms with Crippen molar-refractivity contribution < 1.29 is 4.79 Å². The van der Waals surface area contributed by atoms with E-state index in [0.29, 0.717) is 0 Å². The summed E-state index contributed by atoms with van der Waals surface area (Å²) in [6.45, 7) is 6.61. The fourth-order valence-electron chi connectivity index (χ4n) is 2.22. The van der Waals surface area contributed by atoms with Gasteiger partial charge in [-0.05, 0) is 25.0 Å². The third-order valence-corrected chi connectivity index (χ3v) is 2.87. The van der Waals surface area contributed by atoms with Gasteiger partial charge in [-0.2, -0.15) is 4.99 Å². The normalized spacial score (nSPS) is 15.6. The highest BCUT2D eigenvalue weighted by Crippen LogP contribution is 2.24. The summed E-state index contributed by atoms with van der Waals surface area (Å²) < 4.78 is 0. The van der Waals surface area contributed by atoms with Crippen molar-refractivity contribution in [3.8, 4) is 0 Å². The van der Waals surface area contributed by atoms with Crippen LogP contribution in [0.3, 0.4) is 0 Å². The molecule has 3 heteroatoms. The standard InChI is InChI=1S/C13H16N2O/c1-13(2,14-10-16)9-15-7-11-5-3-4-6-12(11)8-15/h3-6H,7-9H2,1-2H3. The number of nitrogens with zero attached hydrogens (tertiary/aromatic N) is 2. The first kappa shape index (κ1) is 11.1. The molecule has 0 radical (unpaired) electrons. The number of aliphatic imine (C=N–C) groups is 1. The number of rotatable bonds is 3. The van der Waals surface area contributed by atoms with Crippen molar-refractivity contribution in [1.82, 2.24) is 4.90 Å². The van der Waals surface area contributed by atoms with Gasteiger partial charge in [0, 0.05) is 19.6 Å². The van der Waals surface area contributed by atoms with Crippen LogP contribution in [-0.4, -0.2) is 23.1 Å². The molecule has 1 heterocycles. The fourth-order valence-corrected chi connectivity index (χ4v) is 2.22. The van der Waals surface area contributed by atoms with E-state index in [0.717, 1.165) is 19.6 Å². The summed E-state index contributed by atoms with van der Waals surface area (Å²) >= 11 is 0. The zero-order valence-corrected chi connectivity index (χ0v) is 9.73. The first-order valence-corrected chi connectivity index (χ1v) is 5.49. The molecule has 0 saturated heterocycles. The molecular weight excluding hydrogens is 200 g/mol. The molecule has 0 bridgehead atoms. The quantitative estimate of drug-likeness (QED) is 0.572. The minimum Gasteiger partial charge on any atom is -0.292 e. The second kappa shape index (κ2) is 4.20. The van der Waals surface area contributed by atoms with Crippen LogP contribution >= 0.6 is 0 Å². The largest absolute Gasteiger partial charge is 0.292 e. The van der Waals surface area contributed by atoms with Gasteiger partial charge in [-0.25, -0.2) is 4.79 Å². The summed E-state index contributed by atoms with van der Waals surface area (Å²) in [5, 5.41) is 0. The predicted octanol–water partition coefficient (Wildman–Crippen LogP) is 2.12. The van der Waals surface area contributed by atoms with Crippen molar-refractivity contribution in [2.45, 2.75) is 32.5 Å². The van der Waals surface area contributed by atoms with Crippen molar-refractivity contribution in [3.05, 3.63) is 35.4 Å². The molecule has 0 fully saturated rings. The van der Waals surface area contributed by atoms with Crippen LogP contribution in [0.25, 0.3) is 0 Å². The predicted molar refractivity (Wildman–Crippen MR) is 62.8 cm³/mol. The van der Waals surface area contributed by atoms with Gasteiger partial charge in [0.05, 0.1) is 5.54 Å². The fraction of sp³-hybridized carbons (Fsp3) is 0.462. The van der Waals surface area contributed by atoms with E-state index in [2.05, 4.69) is 34.2 Å². The van der Waals surface area contributed by atoms with E-state index in [1.165, 1.54) is 11.1 Å². The maximum absolute atomic E-state index is 10.3. The van der Waals surface area contributed by atoms with Crippen molar-refractivity contribution in [2.75, 3.05) is 6.54 Å². The summed E-state index contributed by atoms with van der Waals surface area (Å²) in [4.78, 5) is 16.4. The lowest BCUT2D eigenvalue weighted by Gasteiger charge is -2.24. The van der Waals surface area contributed by atoms with Crippen LogP contribution in [0.15, 0.2) is 29.3 Å². The molecule has 1 aliphatic rings. The Labute approximate surface area is 95.8 Å². The average Bonchev–Trinajstić information content (AvgIpc) is 2.58. The summed E-state index contributed by atoms with van der Waals surface area (Å²) in [5.41, 5.74) is 2.42. The molecule has 3 nitrogen and oxygen atoms in total. The number of hydrogen-bond donors (Lipinski definition) is 0. The van der Waals surface area contributed by atoms with Crippen LogP contribution < -0.4 is 0 Å². The van der Waals surface area contributed by atoms with Gasteiger partial charge in [-0.1, -0.05) is 24.3 Å². The van der Waals surface area contributed by atoms with Crippen molar-refractivity contribution in [2.24, 2.45) is 4.99 Å². The second-order valence-corrected chi connectivity index (χ2v) is 4.93. The molecule has 16 heavy (non-hydrogen) atoms.